The highest BCUT2D eigenvalue weighted by molar-refractivity contribution is 5.94. The Kier molecular flexibility index (Phi) is 7.43. The number of ether oxygens (including phenoxy) is 1. The van der Waals surface area contributed by atoms with Gasteiger partial charge >= 0.3 is 6.09 Å². The lowest BCUT2D eigenvalue weighted by Crippen LogP contribution is -2.49. The summed E-state index contributed by atoms with van der Waals surface area (Å²) in [6.45, 7) is 12.4. The first kappa shape index (κ1) is 24.1. The van der Waals surface area contributed by atoms with Crippen molar-refractivity contribution in [1.29, 1.82) is 0 Å². The Balaban J connectivity index is 1.29. The number of hydrogen-bond donors (Lipinski definition) is 1. The maximum absolute atomic E-state index is 12.6. The van der Waals surface area contributed by atoms with Crippen molar-refractivity contribution in [3.05, 3.63) is 47.8 Å². The summed E-state index contributed by atoms with van der Waals surface area (Å²) in [5, 5.41) is 3.25. The van der Waals surface area contributed by atoms with Crippen LogP contribution in [-0.2, 0) is 11.3 Å². The molecule has 0 aliphatic carbocycles. The minimum absolute atomic E-state index is 0.0237. The molecule has 34 heavy (non-hydrogen) atoms. The molecular weight excluding hydrogens is 432 g/mol. The summed E-state index contributed by atoms with van der Waals surface area (Å²) in [5.74, 6) is 0.0237. The van der Waals surface area contributed by atoms with Crippen LogP contribution in [0.25, 0.3) is 11.4 Å². The molecular formula is C25H34N6O3. The van der Waals surface area contributed by atoms with Crippen molar-refractivity contribution in [2.45, 2.75) is 32.9 Å². The molecule has 4 heterocycles. The average molecular weight is 467 g/mol. The van der Waals surface area contributed by atoms with Gasteiger partial charge in [-0.1, -0.05) is 6.07 Å². The highest BCUT2D eigenvalue weighted by atomic mass is 16.6. The quantitative estimate of drug-likeness (QED) is 0.739. The van der Waals surface area contributed by atoms with Crippen molar-refractivity contribution in [2.24, 2.45) is 0 Å². The number of nitrogens with one attached hydrogen (secondary N) is 1. The van der Waals surface area contributed by atoms with Gasteiger partial charge in [0.1, 0.15) is 5.60 Å². The van der Waals surface area contributed by atoms with E-state index in [0.717, 1.165) is 62.8 Å². The minimum atomic E-state index is -0.475. The van der Waals surface area contributed by atoms with Gasteiger partial charge in [-0.05, 0) is 44.5 Å². The van der Waals surface area contributed by atoms with E-state index in [9.17, 15) is 9.59 Å². The number of rotatable bonds is 4. The Labute approximate surface area is 201 Å². The second-order valence-corrected chi connectivity index (χ2v) is 9.77. The lowest BCUT2D eigenvalue weighted by Gasteiger charge is -2.35. The SMILES string of the molecule is CC(C)(C)OC(=O)N1CCN(Cc2ccc(-c3ccc(C(=O)N4CCNCC4)cn3)nc2)CC1. The highest BCUT2D eigenvalue weighted by Gasteiger charge is 2.26. The number of pyridine rings is 2. The molecule has 0 bridgehead atoms. The molecule has 2 saturated heterocycles. The third kappa shape index (κ3) is 6.30. The highest BCUT2D eigenvalue weighted by Crippen LogP contribution is 2.18. The van der Waals surface area contributed by atoms with Gasteiger partial charge in [0.15, 0.2) is 0 Å². The average Bonchev–Trinajstić information content (AvgIpc) is 2.84. The predicted octanol–water partition coefficient (Wildman–Crippen LogP) is 2.24. The summed E-state index contributed by atoms with van der Waals surface area (Å²) < 4.78 is 5.47. The maximum Gasteiger partial charge on any atom is 0.410 e. The van der Waals surface area contributed by atoms with Gasteiger partial charge in [-0.3, -0.25) is 19.7 Å². The van der Waals surface area contributed by atoms with Crippen LogP contribution in [0.3, 0.4) is 0 Å². The monoisotopic (exact) mass is 466 g/mol. The molecule has 0 atom stereocenters. The largest absolute Gasteiger partial charge is 0.444 e. The number of piperazine rings is 2. The van der Waals surface area contributed by atoms with E-state index < -0.39 is 5.60 Å². The van der Waals surface area contributed by atoms with Gasteiger partial charge < -0.3 is 19.9 Å². The number of carbonyl (C=O) groups is 2. The van der Waals surface area contributed by atoms with Crippen molar-refractivity contribution < 1.29 is 14.3 Å². The summed E-state index contributed by atoms with van der Waals surface area (Å²) in [6, 6.07) is 7.70. The summed E-state index contributed by atoms with van der Waals surface area (Å²) in [6.07, 6.45) is 3.27. The predicted molar refractivity (Wildman–Crippen MR) is 129 cm³/mol. The van der Waals surface area contributed by atoms with Crippen LogP contribution in [-0.4, -0.2) is 94.6 Å². The van der Waals surface area contributed by atoms with Gasteiger partial charge in [0.25, 0.3) is 5.91 Å². The van der Waals surface area contributed by atoms with Crippen molar-refractivity contribution in [2.75, 3.05) is 52.4 Å². The normalized spacial score (nSPS) is 17.5. The molecule has 2 aromatic heterocycles. The second-order valence-electron chi connectivity index (χ2n) is 9.77. The zero-order valence-corrected chi connectivity index (χ0v) is 20.3. The van der Waals surface area contributed by atoms with Gasteiger partial charge in [-0.15, -0.1) is 0 Å². The van der Waals surface area contributed by atoms with Gasteiger partial charge in [-0.25, -0.2) is 4.79 Å². The van der Waals surface area contributed by atoms with Gasteiger partial charge in [0.05, 0.1) is 17.0 Å². The van der Waals surface area contributed by atoms with Gasteiger partial charge in [-0.2, -0.15) is 0 Å². The van der Waals surface area contributed by atoms with E-state index in [4.69, 9.17) is 4.74 Å². The third-order valence-electron chi connectivity index (χ3n) is 5.93. The molecule has 0 saturated carbocycles. The van der Waals surface area contributed by atoms with Crippen LogP contribution in [0.1, 0.15) is 36.7 Å². The molecule has 9 nitrogen and oxygen atoms in total. The van der Waals surface area contributed by atoms with E-state index in [1.165, 1.54) is 0 Å². The molecule has 0 aromatic carbocycles. The first-order valence-corrected chi connectivity index (χ1v) is 11.9. The Morgan fingerprint density at radius 2 is 1.53 bits per heavy atom. The Bertz CT molecular complexity index is 973. The standard InChI is InChI=1S/C25H34N6O3/c1-25(2,3)34-24(33)31-14-12-29(13-15-31)18-19-4-6-21(27-16-19)22-7-5-20(17-28-22)23(32)30-10-8-26-9-11-30/h4-7,16-17,26H,8-15,18H2,1-3H3. The van der Waals surface area contributed by atoms with Crippen molar-refractivity contribution in [3.63, 3.8) is 0 Å². The summed E-state index contributed by atoms with van der Waals surface area (Å²) in [7, 11) is 0. The van der Waals surface area contributed by atoms with Crippen LogP contribution in [0, 0.1) is 0 Å². The Morgan fingerprint density at radius 1 is 0.882 bits per heavy atom. The van der Waals surface area contributed by atoms with Crippen LogP contribution >= 0.6 is 0 Å². The molecule has 2 fully saturated rings. The van der Waals surface area contributed by atoms with Crippen LogP contribution < -0.4 is 5.32 Å². The topological polar surface area (TPSA) is 90.9 Å². The van der Waals surface area contributed by atoms with Gasteiger partial charge in [0.2, 0.25) is 0 Å². The Hall–Kier alpha value is -3.04. The van der Waals surface area contributed by atoms with E-state index in [1.54, 1.807) is 11.1 Å². The molecule has 182 valence electrons. The van der Waals surface area contributed by atoms with E-state index in [2.05, 4.69) is 26.3 Å². The molecule has 1 N–H and O–H groups in total. The molecule has 2 amide bonds. The van der Waals surface area contributed by atoms with Gasteiger partial charge in [0, 0.05) is 71.3 Å². The number of carbonyl (C=O) groups excluding carboxylic acids is 2. The second kappa shape index (κ2) is 10.5. The van der Waals surface area contributed by atoms with E-state index >= 15 is 0 Å². The minimum Gasteiger partial charge on any atom is -0.444 e. The van der Waals surface area contributed by atoms with Crippen LogP contribution in [0.5, 0.6) is 0 Å². The summed E-state index contributed by atoms with van der Waals surface area (Å²) in [5.41, 5.74) is 2.76. The lowest BCUT2D eigenvalue weighted by molar-refractivity contribution is 0.0139. The smallest absolute Gasteiger partial charge is 0.410 e. The molecule has 2 aromatic rings. The summed E-state index contributed by atoms with van der Waals surface area (Å²) in [4.78, 5) is 39.8. The maximum atomic E-state index is 12.6. The molecule has 4 rings (SSSR count). The number of nitrogens with zero attached hydrogens (tertiary/aromatic N) is 5. The van der Waals surface area contributed by atoms with Crippen molar-refractivity contribution >= 4 is 12.0 Å². The first-order chi connectivity index (χ1) is 16.3. The van der Waals surface area contributed by atoms with E-state index in [1.807, 2.05) is 50.1 Å². The third-order valence-corrected chi connectivity index (χ3v) is 5.93. The van der Waals surface area contributed by atoms with Crippen LogP contribution in [0.4, 0.5) is 4.79 Å². The zero-order valence-electron chi connectivity index (χ0n) is 20.3. The number of aromatic nitrogens is 2. The fourth-order valence-electron chi connectivity index (χ4n) is 4.07. The molecule has 0 unspecified atom stereocenters. The molecule has 0 spiro atoms. The fourth-order valence-corrected chi connectivity index (χ4v) is 4.07. The van der Waals surface area contributed by atoms with E-state index in [-0.39, 0.29) is 12.0 Å². The molecule has 2 aliphatic heterocycles. The number of hydrogen-bond acceptors (Lipinski definition) is 7. The summed E-state index contributed by atoms with van der Waals surface area (Å²) >= 11 is 0. The zero-order chi connectivity index (χ0) is 24.1. The van der Waals surface area contributed by atoms with Crippen molar-refractivity contribution in [3.8, 4) is 11.4 Å². The molecule has 0 radical (unpaired) electrons. The first-order valence-electron chi connectivity index (χ1n) is 11.9. The van der Waals surface area contributed by atoms with Crippen LogP contribution in [0.15, 0.2) is 36.7 Å². The van der Waals surface area contributed by atoms with E-state index in [0.29, 0.717) is 18.7 Å². The lowest BCUT2D eigenvalue weighted by atomic mass is 10.1. The molecule has 9 heteroatoms. The van der Waals surface area contributed by atoms with Crippen molar-refractivity contribution in [1.82, 2.24) is 30.0 Å². The fraction of sp³-hybridized carbons (Fsp3) is 0.520. The number of amides is 2. The Morgan fingerprint density at radius 3 is 2.09 bits per heavy atom. The van der Waals surface area contributed by atoms with Crippen LogP contribution in [0.2, 0.25) is 0 Å². The molecule has 2 aliphatic rings.